The Balaban J connectivity index is 2.30. The number of esters is 1. The van der Waals surface area contributed by atoms with Gasteiger partial charge in [-0.25, -0.2) is 4.99 Å². The fourth-order valence-electron chi connectivity index (χ4n) is 9.57. The molecule has 3 aliphatic heterocycles. The van der Waals surface area contributed by atoms with Crippen molar-refractivity contribution in [3.8, 4) is 0 Å². The average molecular weight is 803 g/mol. The van der Waals surface area contributed by atoms with Crippen LogP contribution in [-0.2, 0) is 52.2 Å². The van der Waals surface area contributed by atoms with Gasteiger partial charge in [-0.05, 0) is 80.8 Å². The fourth-order valence-corrected chi connectivity index (χ4v) is 9.57. The molecular formula is C41H74N2O13. The Morgan fingerprint density at radius 2 is 1.48 bits per heavy atom. The summed E-state index contributed by atoms with van der Waals surface area (Å²) in [6, 6.07) is -0.0405. The highest BCUT2D eigenvalue weighted by Crippen LogP contribution is 2.42. The van der Waals surface area contributed by atoms with Crippen LogP contribution in [0.5, 0.6) is 0 Å². The van der Waals surface area contributed by atoms with Gasteiger partial charge in [0.2, 0.25) is 6.41 Å². The van der Waals surface area contributed by atoms with Crippen molar-refractivity contribution in [2.24, 2.45) is 28.7 Å². The van der Waals surface area contributed by atoms with Crippen molar-refractivity contribution < 1.29 is 62.4 Å². The molecule has 18 atom stereocenters. The zero-order valence-electron chi connectivity index (χ0n) is 36.8. The third-order valence-electron chi connectivity index (χ3n) is 13.0. The van der Waals surface area contributed by atoms with Gasteiger partial charge in [0.25, 0.3) is 0 Å². The molecule has 0 aromatic rings. The van der Waals surface area contributed by atoms with Crippen molar-refractivity contribution in [2.45, 2.75) is 179 Å². The molecule has 15 heteroatoms. The molecule has 0 spiro atoms. The van der Waals surface area contributed by atoms with Gasteiger partial charge in [0.1, 0.15) is 23.9 Å². The van der Waals surface area contributed by atoms with Crippen molar-refractivity contribution in [3.63, 3.8) is 0 Å². The number of likely N-dealkylation sites (N-methyl/N-ethyl adjacent to an activating group) is 1. The third-order valence-corrected chi connectivity index (χ3v) is 13.0. The van der Waals surface area contributed by atoms with Gasteiger partial charge in [0.05, 0.1) is 47.6 Å². The molecule has 3 saturated heterocycles. The van der Waals surface area contributed by atoms with E-state index >= 15 is 0 Å². The number of methoxy groups -OCH3 is 4. The number of carbonyl (C=O) groups is 2. The molecule has 0 bridgehead atoms. The molecule has 3 aliphatic rings. The zero-order chi connectivity index (χ0) is 42.5. The fraction of sp³-hybridized carbons (Fsp3) is 0.927. The van der Waals surface area contributed by atoms with Crippen LogP contribution in [0.4, 0.5) is 0 Å². The summed E-state index contributed by atoms with van der Waals surface area (Å²) in [4.78, 5) is 32.7. The lowest BCUT2D eigenvalue weighted by atomic mass is 9.73. The summed E-state index contributed by atoms with van der Waals surface area (Å²) in [5, 5.41) is 23.6. The predicted molar refractivity (Wildman–Crippen MR) is 209 cm³/mol. The minimum absolute atomic E-state index is 0.0405. The Hall–Kier alpha value is -1.63. The Kier molecular flexibility index (Phi) is 17.5. The lowest BCUT2D eigenvalue weighted by Gasteiger charge is -2.50. The molecule has 15 nitrogen and oxygen atoms in total. The Bertz CT molecular complexity index is 1300. The van der Waals surface area contributed by atoms with Gasteiger partial charge in [-0.3, -0.25) is 9.59 Å². The highest BCUT2D eigenvalue weighted by atomic mass is 16.7. The standard InChI is InChI=1S/C41H74N2O13/c1-17-29-41(10,47)34(45)24(4)31(42-21-44)22(2)19-39(8,50-15)35(56-38-33(48-13)28(43(11)12)18-23(3)52-38)25(5)32(26(6)37(46)54-29)55-30-20-40(9,51-16)36(49-14)27(7)53-30/h21-30,32-36,38,45,47H,17-20H2,1-16H3. The first-order chi connectivity index (χ1) is 26.1. The summed E-state index contributed by atoms with van der Waals surface area (Å²) in [6.45, 7) is 18.2. The van der Waals surface area contributed by atoms with Crippen LogP contribution in [0.1, 0.15) is 94.9 Å². The molecule has 326 valence electrons. The van der Waals surface area contributed by atoms with Crippen LogP contribution in [0, 0.1) is 23.7 Å². The molecule has 3 heterocycles. The van der Waals surface area contributed by atoms with E-state index in [0.29, 0.717) is 18.5 Å². The largest absolute Gasteiger partial charge is 0.459 e. The van der Waals surface area contributed by atoms with Crippen molar-refractivity contribution in [1.82, 2.24) is 4.90 Å². The number of aliphatic imine (C=N–C) groups is 1. The molecule has 0 aromatic carbocycles. The van der Waals surface area contributed by atoms with Crippen LogP contribution in [0.2, 0.25) is 0 Å². The lowest BCUT2D eigenvalue weighted by molar-refractivity contribution is -0.322. The van der Waals surface area contributed by atoms with E-state index in [2.05, 4.69) is 9.89 Å². The summed E-state index contributed by atoms with van der Waals surface area (Å²) in [7, 11) is 10.4. The van der Waals surface area contributed by atoms with Crippen LogP contribution in [0.25, 0.3) is 0 Å². The van der Waals surface area contributed by atoms with Gasteiger partial charge in [0, 0.05) is 58.4 Å². The summed E-state index contributed by atoms with van der Waals surface area (Å²) in [5.74, 6) is -3.52. The van der Waals surface area contributed by atoms with E-state index in [4.69, 9.17) is 42.6 Å². The Morgan fingerprint density at radius 3 is 2.00 bits per heavy atom. The van der Waals surface area contributed by atoms with E-state index in [0.717, 1.165) is 0 Å². The molecule has 18 unspecified atom stereocenters. The summed E-state index contributed by atoms with van der Waals surface area (Å²) >= 11 is 0. The monoisotopic (exact) mass is 803 g/mol. The average Bonchev–Trinajstić information content (AvgIpc) is 3.14. The summed E-state index contributed by atoms with van der Waals surface area (Å²) in [6.07, 6.45) is -5.69. The number of cyclic esters (lactones) is 1. The van der Waals surface area contributed by atoms with Gasteiger partial charge >= 0.3 is 5.97 Å². The number of carbonyl (C=O) groups excluding carboxylic acids is 2. The molecular weight excluding hydrogens is 728 g/mol. The van der Waals surface area contributed by atoms with E-state index < -0.39 is 102 Å². The van der Waals surface area contributed by atoms with E-state index in [-0.39, 0.29) is 31.4 Å². The summed E-state index contributed by atoms with van der Waals surface area (Å²) < 4.78 is 57.4. The van der Waals surface area contributed by atoms with Gasteiger partial charge < -0.3 is 57.7 Å². The topological polar surface area (TPSA) is 173 Å². The highest BCUT2D eigenvalue weighted by molar-refractivity contribution is 5.93. The molecule has 3 rings (SSSR count). The Labute approximate surface area is 335 Å². The van der Waals surface area contributed by atoms with Gasteiger partial charge in [-0.2, -0.15) is 0 Å². The summed E-state index contributed by atoms with van der Waals surface area (Å²) in [5.41, 5.74) is -3.51. The zero-order valence-corrected chi connectivity index (χ0v) is 36.8. The van der Waals surface area contributed by atoms with Gasteiger partial charge in [-0.15, -0.1) is 0 Å². The smallest absolute Gasteiger partial charge is 0.311 e. The number of hydrogen-bond donors (Lipinski definition) is 2. The van der Waals surface area contributed by atoms with E-state index in [1.165, 1.54) is 6.92 Å². The number of rotatable bonds is 11. The number of aliphatic hydroxyl groups is 2. The normalized spacial score (nSPS) is 47.0. The number of aliphatic hydroxyl groups excluding tert-OH is 1. The molecule has 3 fully saturated rings. The number of ether oxygens (including phenoxy) is 9. The van der Waals surface area contributed by atoms with Crippen molar-refractivity contribution in [1.29, 1.82) is 0 Å². The number of hydrogen-bond acceptors (Lipinski definition) is 14. The first kappa shape index (κ1) is 48.7. The van der Waals surface area contributed by atoms with Crippen LogP contribution in [0.3, 0.4) is 0 Å². The quantitative estimate of drug-likeness (QED) is 0.228. The van der Waals surface area contributed by atoms with Gasteiger partial charge in [-0.1, -0.05) is 27.7 Å². The maximum absolute atomic E-state index is 14.4. The van der Waals surface area contributed by atoms with Gasteiger partial charge in [0.15, 0.2) is 12.6 Å². The minimum Gasteiger partial charge on any atom is -0.459 e. The minimum atomic E-state index is -1.92. The van der Waals surface area contributed by atoms with E-state index in [1.807, 2.05) is 55.6 Å². The maximum Gasteiger partial charge on any atom is 0.311 e. The van der Waals surface area contributed by atoms with Crippen LogP contribution in [0.15, 0.2) is 4.99 Å². The number of amides is 1. The van der Waals surface area contributed by atoms with E-state index in [9.17, 15) is 19.8 Å². The van der Waals surface area contributed by atoms with Crippen molar-refractivity contribution in [3.05, 3.63) is 0 Å². The molecule has 0 radical (unpaired) electrons. The molecule has 0 aromatic heterocycles. The van der Waals surface area contributed by atoms with Crippen LogP contribution in [-0.4, -0.2) is 160 Å². The lowest BCUT2D eigenvalue weighted by Crippen LogP contribution is -2.62. The molecule has 0 saturated carbocycles. The van der Waals surface area contributed by atoms with E-state index in [1.54, 1.807) is 49.2 Å². The molecule has 56 heavy (non-hydrogen) atoms. The predicted octanol–water partition coefficient (Wildman–Crippen LogP) is 3.78. The first-order valence-corrected chi connectivity index (χ1v) is 20.2. The first-order valence-electron chi connectivity index (χ1n) is 20.2. The second-order valence-corrected chi connectivity index (χ2v) is 17.3. The van der Waals surface area contributed by atoms with Crippen molar-refractivity contribution in [2.75, 3.05) is 42.5 Å². The van der Waals surface area contributed by atoms with Crippen molar-refractivity contribution >= 4 is 18.1 Å². The highest BCUT2D eigenvalue weighted by Gasteiger charge is 2.54. The van der Waals surface area contributed by atoms with Crippen LogP contribution >= 0.6 is 0 Å². The number of nitrogens with zero attached hydrogens (tertiary/aromatic N) is 2. The second kappa shape index (κ2) is 20.1. The molecule has 2 N–H and O–H groups in total. The third kappa shape index (κ3) is 10.4. The van der Waals surface area contributed by atoms with Crippen LogP contribution < -0.4 is 0 Å². The molecule has 1 amide bonds. The Morgan fingerprint density at radius 1 is 0.875 bits per heavy atom. The SMILES string of the molecule is CCC1OC(=O)C(C)C(OC2CC(C)(OC)C(OC)C(C)O2)C(C)C(OC2OC(C)CC(N(C)C)C2OC)C(C)(OC)CC(C)C(=NC=O)C(C)C(O)C1(C)O. The maximum atomic E-state index is 14.4. The second-order valence-electron chi connectivity index (χ2n) is 17.3. The molecule has 0 aliphatic carbocycles.